The minimum Gasteiger partial charge on any atom is -0.497 e. The Morgan fingerprint density at radius 3 is 2.74 bits per heavy atom. The zero-order valence-electron chi connectivity index (χ0n) is 11.1. The van der Waals surface area contributed by atoms with Crippen molar-refractivity contribution in [1.82, 2.24) is 10.3 Å². The molecule has 0 radical (unpaired) electrons. The molecule has 0 amide bonds. The minimum absolute atomic E-state index is 0.764. The van der Waals surface area contributed by atoms with Crippen molar-refractivity contribution in [2.75, 3.05) is 7.11 Å². The molecule has 0 bridgehead atoms. The molecular weight excluding hydrogens is 256 g/mol. The Bertz CT molecular complexity index is 531. The van der Waals surface area contributed by atoms with Crippen LogP contribution in [-0.4, -0.2) is 12.1 Å². The van der Waals surface area contributed by atoms with Crippen LogP contribution < -0.4 is 10.1 Å². The van der Waals surface area contributed by atoms with Gasteiger partial charge in [-0.05, 0) is 30.5 Å². The first-order chi connectivity index (χ1) is 9.35. The highest BCUT2D eigenvalue weighted by Gasteiger charge is 2.26. The smallest absolute Gasteiger partial charge is 0.118 e. The Labute approximate surface area is 117 Å². The second-order valence-electron chi connectivity index (χ2n) is 4.90. The summed E-state index contributed by atoms with van der Waals surface area (Å²) in [6, 6.07) is 8.15. The summed E-state index contributed by atoms with van der Waals surface area (Å²) >= 11 is 1.80. The van der Waals surface area contributed by atoms with Crippen LogP contribution in [0.15, 0.2) is 29.6 Å². The summed E-state index contributed by atoms with van der Waals surface area (Å²) in [4.78, 5) is 4.67. The molecule has 19 heavy (non-hydrogen) atoms. The fourth-order valence-corrected chi connectivity index (χ4v) is 2.99. The van der Waals surface area contributed by atoms with Gasteiger partial charge in [-0.3, -0.25) is 0 Å². The molecule has 1 aliphatic carbocycles. The van der Waals surface area contributed by atoms with E-state index in [4.69, 9.17) is 4.74 Å². The summed E-state index contributed by atoms with van der Waals surface area (Å²) in [7, 11) is 1.69. The molecule has 0 atom stereocenters. The van der Waals surface area contributed by atoms with E-state index in [1.807, 2.05) is 12.1 Å². The molecule has 0 unspecified atom stereocenters. The molecule has 2 aromatic rings. The molecule has 4 heteroatoms. The maximum atomic E-state index is 5.14. The Balaban J connectivity index is 1.48. The van der Waals surface area contributed by atoms with Gasteiger partial charge in [-0.25, -0.2) is 4.98 Å². The SMILES string of the molecule is COc1ccc(CNCc2csc(C3CC3)n2)cc1. The quantitative estimate of drug-likeness (QED) is 0.877. The summed E-state index contributed by atoms with van der Waals surface area (Å²) in [5.41, 5.74) is 2.43. The number of nitrogens with one attached hydrogen (secondary N) is 1. The zero-order chi connectivity index (χ0) is 13.1. The van der Waals surface area contributed by atoms with Crippen molar-refractivity contribution in [3.05, 3.63) is 45.9 Å². The van der Waals surface area contributed by atoms with Gasteiger partial charge in [0.2, 0.25) is 0 Å². The number of thiazole rings is 1. The third-order valence-corrected chi connectivity index (χ3v) is 4.35. The molecule has 1 aromatic carbocycles. The first-order valence-corrected chi connectivity index (χ1v) is 7.51. The molecule has 0 saturated heterocycles. The second-order valence-corrected chi connectivity index (χ2v) is 5.79. The summed E-state index contributed by atoms with van der Waals surface area (Å²) in [5, 5.41) is 6.93. The molecule has 1 N–H and O–H groups in total. The zero-order valence-corrected chi connectivity index (χ0v) is 11.9. The van der Waals surface area contributed by atoms with E-state index in [0.717, 1.165) is 24.8 Å². The topological polar surface area (TPSA) is 34.1 Å². The van der Waals surface area contributed by atoms with E-state index >= 15 is 0 Å². The van der Waals surface area contributed by atoms with Crippen molar-refractivity contribution >= 4 is 11.3 Å². The van der Waals surface area contributed by atoms with E-state index in [2.05, 4.69) is 27.8 Å². The summed E-state index contributed by atoms with van der Waals surface area (Å²) in [6.45, 7) is 1.70. The van der Waals surface area contributed by atoms with Crippen LogP contribution in [0.5, 0.6) is 5.75 Å². The van der Waals surface area contributed by atoms with Crippen molar-refractivity contribution in [2.45, 2.75) is 31.8 Å². The van der Waals surface area contributed by atoms with Crippen LogP contribution >= 0.6 is 11.3 Å². The largest absolute Gasteiger partial charge is 0.497 e. The number of methoxy groups -OCH3 is 1. The number of hydrogen-bond acceptors (Lipinski definition) is 4. The summed E-state index contributed by atoms with van der Waals surface area (Å²) < 4.78 is 5.14. The van der Waals surface area contributed by atoms with Gasteiger partial charge in [0.25, 0.3) is 0 Å². The molecule has 1 saturated carbocycles. The van der Waals surface area contributed by atoms with Gasteiger partial charge in [-0.2, -0.15) is 0 Å². The van der Waals surface area contributed by atoms with Crippen LogP contribution in [0.3, 0.4) is 0 Å². The number of hydrogen-bond donors (Lipinski definition) is 1. The van der Waals surface area contributed by atoms with Crippen LogP contribution in [0.25, 0.3) is 0 Å². The fraction of sp³-hybridized carbons (Fsp3) is 0.400. The lowest BCUT2D eigenvalue weighted by Crippen LogP contribution is -2.12. The number of nitrogens with zero attached hydrogens (tertiary/aromatic N) is 1. The van der Waals surface area contributed by atoms with Crippen molar-refractivity contribution in [1.29, 1.82) is 0 Å². The van der Waals surface area contributed by atoms with Gasteiger partial charge in [-0.1, -0.05) is 12.1 Å². The van der Waals surface area contributed by atoms with Crippen LogP contribution in [0.2, 0.25) is 0 Å². The van der Waals surface area contributed by atoms with E-state index < -0.39 is 0 Å². The van der Waals surface area contributed by atoms with Crippen LogP contribution in [0.4, 0.5) is 0 Å². The van der Waals surface area contributed by atoms with Crippen molar-refractivity contribution in [3.8, 4) is 5.75 Å². The summed E-state index contributed by atoms with van der Waals surface area (Å²) in [5.74, 6) is 1.66. The predicted octanol–water partition coefficient (Wildman–Crippen LogP) is 3.32. The lowest BCUT2D eigenvalue weighted by atomic mass is 10.2. The van der Waals surface area contributed by atoms with Gasteiger partial charge >= 0.3 is 0 Å². The number of ether oxygens (including phenoxy) is 1. The predicted molar refractivity (Wildman–Crippen MR) is 77.6 cm³/mol. The Morgan fingerprint density at radius 1 is 1.26 bits per heavy atom. The van der Waals surface area contributed by atoms with Gasteiger partial charge in [0, 0.05) is 24.4 Å². The Hall–Kier alpha value is -1.39. The lowest BCUT2D eigenvalue weighted by Gasteiger charge is -2.04. The standard InChI is InChI=1S/C15H18N2OS/c1-18-14-6-2-11(3-7-14)8-16-9-13-10-19-15(17-13)12-4-5-12/h2-3,6-7,10,12,16H,4-5,8-9H2,1H3. The minimum atomic E-state index is 0.764. The van der Waals surface area contributed by atoms with Gasteiger partial charge in [-0.15, -0.1) is 11.3 Å². The van der Waals surface area contributed by atoms with Gasteiger partial charge in [0.05, 0.1) is 17.8 Å². The molecule has 0 spiro atoms. The molecule has 1 aliphatic rings. The monoisotopic (exact) mass is 274 g/mol. The number of rotatable bonds is 6. The molecule has 1 heterocycles. The second kappa shape index (κ2) is 5.72. The summed E-state index contributed by atoms with van der Waals surface area (Å²) in [6.07, 6.45) is 2.65. The number of aromatic nitrogens is 1. The van der Waals surface area contributed by atoms with E-state index in [1.54, 1.807) is 18.4 Å². The highest BCUT2D eigenvalue weighted by atomic mass is 32.1. The average molecular weight is 274 g/mol. The van der Waals surface area contributed by atoms with Crippen LogP contribution in [0.1, 0.15) is 35.0 Å². The molecular formula is C15H18N2OS. The van der Waals surface area contributed by atoms with Crippen molar-refractivity contribution < 1.29 is 4.74 Å². The average Bonchev–Trinajstić information content (AvgIpc) is 3.20. The maximum absolute atomic E-state index is 5.14. The van der Waals surface area contributed by atoms with E-state index in [1.165, 1.54) is 29.1 Å². The van der Waals surface area contributed by atoms with E-state index in [9.17, 15) is 0 Å². The Morgan fingerprint density at radius 2 is 2.05 bits per heavy atom. The lowest BCUT2D eigenvalue weighted by molar-refractivity contribution is 0.414. The molecule has 0 aliphatic heterocycles. The van der Waals surface area contributed by atoms with Gasteiger partial charge in [0.1, 0.15) is 5.75 Å². The van der Waals surface area contributed by atoms with E-state index in [-0.39, 0.29) is 0 Å². The molecule has 100 valence electrons. The van der Waals surface area contributed by atoms with Crippen LogP contribution in [0, 0.1) is 0 Å². The highest BCUT2D eigenvalue weighted by molar-refractivity contribution is 7.09. The molecule has 1 aromatic heterocycles. The van der Waals surface area contributed by atoms with Gasteiger partial charge < -0.3 is 10.1 Å². The third kappa shape index (κ3) is 3.33. The highest BCUT2D eigenvalue weighted by Crippen LogP contribution is 2.41. The first kappa shape index (κ1) is 12.6. The van der Waals surface area contributed by atoms with Gasteiger partial charge in [0.15, 0.2) is 0 Å². The van der Waals surface area contributed by atoms with E-state index in [0.29, 0.717) is 0 Å². The van der Waals surface area contributed by atoms with Crippen LogP contribution in [-0.2, 0) is 13.1 Å². The van der Waals surface area contributed by atoms with Crippen molar-refractivity contribution in [3.63, 3.8) is 0 Å². The maximum Gasteiger partial charge on any atom is 0.118 e. The third-order valence-electron chi connectivity index (χ3n) is 3.29. The fourth-order valence-electron chi connectivity index (χ4n) is 2.00. The molecule has 1 fully saturated rings. The van der Waals surface area contributed by atoms with Crippen molar-refractivity contribution in [2.24, 2.45) is 0 Å². The normalized spacial score (nSPS) is 14.6. The molecule has 3 nitrogen and oxygen atoms in total. The molecule has 3 rings (SSSR count). The Kier molecular flexibility index (Phi) is 3.80. The first-order valence-electron chi connectivity index (χ1n) is 6.63. The number of benzene rings is 1.